The Balaban J connectivity index is 1.80. The summed E-state index contributed by atoms with van der Waals surface area (Å²) in [5.74, 6) is 0.502. The Labute approximate surface area is 180 Å². The van der Waals surface area contributed by atoms with Crippen molar-refractivity contribution in [3.8, 4) is 5.69 Å². The third-order valence-corrected chi connectivity index (χ3v) is 5.89. The number of benzene rings is 2. The first kappa shape index (κ1) is 19.7. The molecule has 29 heavy (non-hydrogen) atoms. The molecule has 4 rings (SSSR count). The average molecular weight is 449 g/mol. The predicted molar refractivity (Wildman–Crippen MR) is 124 cm³/mol. The van der Waals surface area contributed by atoms with Crippen molar-refractivity contribution in [2.24, 2.45) is 5.92 Å². The SMILES string of the molecule is Cc1cc(/C=C2\C(=O)N(CC(C)C)c3ccccc32)c(C)n1-c1ccc(Br)cc1. The van der Waals surface area contributed by atoms with Crippen molar-refractivity contribution in [3.63, 3.8) is 0 Å². The first-order chi connectivity index (χ1) is 13.9. The smallest absolute Gasteiger partial charge is 0.259 e. The van der Waals surface area contributed by atoms with Crippen molar-refractivity contribution in [1.82, 2.24) is 4.57 Å². The number of amides is 1. The van der Waals surface area contributed by atoms with Crippen LogP contribution in [0.2, 0.25) is 0 Å². The third-order valence-electron chi connectivity index (χ3n) is 5.36. The van der Waals surface area contributed by atoms with Crippen LogP contribution in [-0.4, -0.2) is 17.0 Å². The molecule has 0 fully saturated rings. The van der Waals surface area contributed by atoms with Gasteiger partial charge in [-0.3, -0.25) is 4.79 Å². The number of rotatable bonds is 4. The Morgan fingerprint density at radius 1 is 1.03 bits per heavy atom. The second-order valence-corrected chi connectivity index (χ2v) is 8.94. The molecule has 0 N–H and O–H groups in total. The van der Waals surface area contributed by atoms with Crippen LogP contribution in [0.5, 0.6) is 0 Å². The first-order valence-electron chi connectivity index (χ1n) is 9.94. The fraction of sp³-hybridized carbons (Fsp3) is 0.240. The van der Waals surface area contributed by atoms with E-state index in [4.69, 9.17) is 0 Å². The lowest BCUT2D eigenvalue weighted by Gasteiger charge is -2.19. The summed E-state index contributed by atoms with van der Waals surface area (Å²) in [4.78, 5) is 15.2. The van der Waals surface area contributed by atoms with Crippen molar-refractivity contribution in [2.45, 2.75) is 27.7 Å². The summed E-state index contributed by atoms with van der Waals surface area (Å²) in [6, 6.07) is 18.6. The average Bonchev–Trinajstić information content (AvgIpc) is 3.11. The first-order valence-corrected chi connectivity index (χ1v) is 10.7. The van der Waals surface area contributed by atoms with E-state index >= 15 is 0 Å². The second kappa shape index (κ2) is 7.68. The number of hydrogen-bond donors (Lipinski definition) is 0. The van der Waals surface area contributed by atoms with Gasteiger partial charge >= 0.3 is 0 Å². The molecule has 1 amide bonds. The molecule has 0 radical (unpaired) electrons. The molecule has 4 heteroatoms. The van der Waals surface area contributed by atoms with E-state index in [1.54, 1.807) is 0 Å². The molecule has 3 nitrogen and oxygen atoms in total. The maximum atomic E-state index is 13.3. The third kappa shape index (κ3) is 3.58. The normalized spacial score (nSPS) is 14.9. The van der Waals surface area contributed by atoms with Crippen LogP contribution in [0.3, 0.4) is 0 Å². The van der Waals surface area contributed by atoms with Crippen LogP contribution in [0.1, 0.15) is 36.4 Å². The van der Waals surface area contributed by atoms with E-state index < -0.39 is 0 Å². The molecule has 1 aliphatic heterocycles. The van der Waals surface area contributed by atoms with Gasteiger partial charge in [0.05, 0.1) is 5.69 Å². The van der Waals surface area contributed by atoms with Crippen LogP contribution in [-0.2, 0) is 4.79 Å². The lowest BCUT2D eigenvalue weighted by molar-refractivity contribution is -0.113. The summed E-state index contributed by atoms with van der Waals surface area (Å²) in [5.41, 5.74) is 7.28. The molecule has 0 atom stereocenters. The topological polar surface area (TPSA) is 25.2 Å². The highest BCUT2D eigenvalue weighted by molar-refractivity contribution is 9.10. The zero-order valence-corrected chi connectivity index (χ0v) is 18.8. The van der Waals surface area contributed by atoms with Crippen LogP contribution in [0.25, 0.3) is 17.3 Å². The van der Waals surface area contributed by atoms with Crippen LogP contribution in [0.15, 0.2) is 59.1 Å². The summed E-state index contributed by atoms with van der Waals surface area (Å²) in [7, 11) is 0. The molecule has 0 saturated heterocycles. The molecule has 0 bridgehead atoms. The number of nitrogens with zero attached hydrogens (tertiary/aromatic N) is 2. The minimum absolute atomic E-state index is 0.0911. The van der Waals surface area contributed by atoms with E-state index in [-0.39, 0.29) is 5.91 Å². The Bertz CT molecular complexity index is 1110. The fourth-order valence-electron chi connectivity index (χ4n) is 4.07. The largest absolute Gasteiger partial charge is 0.318 e. The summed E-state index contributed by atoms with van der Waals surface area (Å²) < 4.78 is 3.29. The van der Waals surface area contributed by atoms with Crippen molar-refractivity contribution >= 4 is 39.2 Å². The van der Waals surface area contributed by atoms with Crippen molar-refractivity contribution in [3.05, 3.63) is 81.6 Å². The number of fused-ring (bicyclic) bond motifs is 1. The highest BCUT2D eigenvalue weighted by Crippen LogP contribution is 2.38. The second-order valence-electron chi connectivity index (χ2n) is 8.02. The minimum atomic E-state index is 0.0911. The zero-order chi connectivity index (χ0) is 20.7. The van der Waals surface area contributed by atoms with Gasteiger partial charge < -0.3 is 9.47 Å². The Kier molecular flexibility index (Phi) is 5.22. The van der Waals surface area contributed by atoms with Gasteiger partial charge in [0.25, 0.3) is 5.91 Å². The van der Waals surface area contributed by atoms with Crippen LogP contribution >= 0.6 is 15.9 Å². The molecule has 1 aliphatic rings. The Morgan fingerprint density at radius 2 is 1.72 bits per heavy atom. The monoisotopic (exact) mass is 448 g/mol. The molecule has 0 aliphatic carbocycles. The molecule has 0 spiro atoms. The van der Waals surface area contributed by atoms with Gasteiger partial charge in [0.15, 0.2) is 0 Å². The maximum absolute atomic E-state index is 13.3. The van der Waals surface area contributed by atoms with E-state index in [2.05, 4.69) is 72.5 Å². The van der Waals surface area contributed by atoms with Gasteiger partial charge in [0, 0.05) is 39.2 Å². The molecule has 3 aromatic rings. The number of carbonyl (C=O) groups excluding carboxylic acids is 1. The van der Waals surface area contributed by atoms with Gasteiger partial charge in [-0.1, -0.05) is 48.0 Å². The van der Waals surface area contributed by atoms with Crippen molar-refractivity contribution in [2.75, 3.05) is 11.4 Å². The van der Waals surface area contributed by atoms with E-state index in [0.29, 0.717) is 5.92 Å². The molecular formula is C25H25BrN2O. The molecular weight excluding hydrogens is 424 g/mol. The highest BCUT2D eigenvalue weighted by Gasteiger charge is 2.32. The number of aromatic nitrogens is 1. The van der Waals surface area contributed by atoms with Gasteiger partial charge in [-0.25, -0.2) is 0 Å². The quantitative estimate of drug-likeness (QED) is 0.423. The molecule has 1 aromatic heterocycles. The number of hydrogen-bond acceptors (Lipinski definition) is 1. The van der Waals surface area contributed by atoms with Crippen LogP contribution in [0.4, 0.5) is 5.69 Å². The Hall–Kier alpha value is -2.59. The lowest BCUT2D eigenvalue weighted by Crippen LogP contribution is -2.30. The molecule has 148 valence electrons. The predicted octanol–water partition coefficient (Wildman–Crippen LogP) is 6.40. The number of carbonyl (C=O) groups is 1. The molecule has 0 saturated carbocycles. The van der Waals surface area contributed by atoms with Crippen LogP contribution in [0, 0.1) is 19.8 Å². The summed E-state index contributed by atoms with van der Waals surface area (Å²) in [6.07, 6.45) is 2.05. The fourth-order valence-corrected chi connectivity index (χ4v) is 4.33. The van der Waals surface area contributed by atoms with E-state index in [1.807, 2.05) is 41.3 Å². The van der Waals surface area contributed by atoms with E-state index in [9.17, 15) is 4.79 Å². The van der Waals surface area contributed by atoms with Gasteiger partial charge in [-0.15, -0.1) is 0 Å². The zero-order valence-electron chi connectivity index (χ0n) is 17.2. The number of aryl methyl sites for hydroxylation is 1. The van der Waals surface area contributed by atoms with E-state index in [1.165, 1.54) is 0 Å². The molecule has 2 heterocycles. The molecule has 0 unspecified atom stereocenters. The van der Waals surface area contributed by atoms with E-state index in [0.717, 1.165) is 50.5 Å². The Morgan fingerprint density at radius 3 is 2.41 bits per heavy atom. The molecule has 2 aromatic carbocycles. The highest BCUT2D eigenvalue weighted by atomic mass is 79.9. The van der Waals surface area contributed by atoms with Gasteiger partial charge in [-0.2, -0.15) is 0 Å². The standard InChI is InChI=1S/C25H25BrN2O/c1-16(2)15-27-24-8-6-5-7-22(24)23(25(27)29)14-19-13-17(3)28(18(19)4)21-11-9-20(26)10-12-21/h5-14,16H,15H2,1-4H3/b23-14-. The summed E-state index contributed by atoms with van der Waals surface area (Å²) in [5, 5.41) is 0. The summed E-state index contributed by atoms with van der Waals surface area (Å²) >= 11 is 3.50. The van der Waals surface area contributed by atoms with Crippen molar-refractivity contribution < 1.29 is 4.79 Å². The van der Waals surface area contributed by atoms with Crippen LogP contribution < -0.4 is 4.90 Å². The minimum Gasteiger partial charge on any atom is -0.318 e. The summed E-state index contributed by atoms with van der Waals surface area (Å²) in [6.45, 7) is 9.23. The number of anilines is 1. The number of halogens is 1. The number of para-hydroxylation sites is 1. The van der Waals surface area contributed by atoms with Gasteiger partial charge in [0.2, 0.25) is 0 Å². The van der Waals surface area contributed by atoms with Crippen molar-refractivity contribution in [1.29, 1.82) is 0 Å². The van der Waals surface area contributed by atoms with Gasteiger partial charge in [-0.05, 0) is 67.8 Å². The van der Waals surface area contributed by atoms with Gasteiger partial charge in [0.1, 0.15) is 0 Å². The lowest BCUT2D eigenvalue weighted by atomic mass is 10.0. The maximum Gasteiger partial charge on any atom is 0.259 e.